The zero-order chi connectivity index (χ0) is 37.5. The molecule has 0 radical (unpaired) electrons. The summed E-state index contributed by atoms with van der Waals surface area (Å²) in [4.78, 5) is 80.0. The van der Waals surface area contributed by atoms with Crippen molar-refractivity contribution in [1.29, 1.82) is 0 Å². The Morgan fingerprint density at radius 1 is 0.843 bits per heavy atom. The minimum atomic E-state index is -1.14. The van der Waals surface area contributed by atoms with E-state index in [0.29, 0.717) is 5.56 Å². The smallest absolute Gasteiger partial charge is 0.302 e. The van der Waals surface area contributed by atoms with Gasteiger partial charge in [0, 0.05) is 18.7 Å². The normalized spacial score (nSPS) is 13.3. The van der Waals surface area contributed by atoms with Crippen molar-refractivity contribution in [2.75, 3.05) is 6.54 Å². The van der Waals surface area contributed by atoms with Gasteiger partial charge in [-0.25, -0.2) is 4.98 Å². The van der Waals surface area contributed by atoms with Crippen molar-refractivity contribution < 1.29 is 34.0 Å². The third-order valence-electron chi connectivity index (χ3n) is 7.30. The van der Waals surface area contributed by atoms with E-state index in [1.54, 1.807) is 42.5 Å². The number of hydrogen-bond acceptors (Lipinski definition) is 12. The molecule has 3 rings (SSSR count). The average Bonchev–Trinajstić information content (AvgIpc) is 3.10. The number of aromatic nitrogens is 1. The van der Waals surface area contributed by atoms with E-state index in [1.165, 1.54) is 37.4 Å². The largest absolute Gasteiger partial charge is 0.508 e. The summed E-state index contributed by atoms with van der Waals surface area (Å²) in [5.41, 5.74) is 7.17. The molecule has 0 unspecified atom stereocenters. The molecule has 272 valence electrons. The van der Waals surface area contributed by atoms with Gasteiger partial charge >= 0.3 is 5.69 Å². The molecule has 0 bridgehead atoms. The van der Waals surface area contributed by atoms with Crippen LogP contribution in [0.25, 0.3) is 0 Å². The number of pyridine rings is 1. The summed E-state index contributed by atoms with van der Waals surface area (Å²) in [6.45, 7) is 4.65. The highest BCUT2D eigenvalue weighted by atomic mass is 33.1. The Hall–Kier alpha value is -5.00. The third kappa shape index (κ3) is 13.7. The molecule has 0 aliphatic heterocycles. The second-order valence-corrected chi connectivity index (χ2v) is 14.1. The summed E-state index contributed by atoms with van der Waals surface area (Å²) in [5.74, 6) is -2.53. The molecule has 4 amide bonds. The number of amides is 4. The first kappa shape index (κ1) is 40.4. The lowest BCUT2D eigenvalue weighted by Crippen LogP contribution is -2.55. The van der Waals surface area contributed by atoms with Crippen LogP contribution in [-0.2, 0) is 36.8 Å². The number of carbonyl (C=O) groups is 5. The standard InChI is InChI=1S/C34H41N7O8S2/c1-20(2)16-27(34(47)51-50-33-28(41(48)49)10-7-15-36-33)40-32(46)26(18-22-8-5-4-6-9-22)39-29(43)19-37-30(44)21(3)38-31(45)25(35)17-23-11-13-24(42)14-12-23/h4-15,20-21,25-27,42H,16-19,35H2,1-3H3,(H,37,44)(H,38,45)(H,39,43)(H,40,46)/t21-,25+,26+,27+/m1/s1. The maximum Gasteiger partial charge on any atom is 0.302 e. The van der Waals surface area contributed by atoms with Crippen molar-refractivity contribution >= 4 is 56.0 Å². The summed E-state index contributed by atoms with van der Waals surface area (Å²) in [6, 6.07) is 13.6. The maximum atomic E-state index is 13.6. The minimum Gasteiger partial charge on any atom is -0.508 e. The zero-order valence-corrected chi connectivity index (χ0v) is 29.9. The molecular formula is C34H41N7O8S2. The fourth-order valence-corrected chi connectivity index (χ4v) is 6.65. The van der Waals surface area contributed by atoms with Crippen LogP contribution in [0, 0.1) is 16.0 Å². The molecule has 0 saturated carbocycles. The molecular weight excluding hydrogens is 699 g/mol. The monoisotopic (exact) mass is 739 g/mol. The molecule has 0 saturated heterocycles. The summed E-state index contributed by atoms with van der Waals surface area (Å²) in [5, 5.41) is 30.7. The van der Waals surface area contributed by atoms with Gasteiger partial charge in [0.25, 0.3) is 0 Å². The number of nitrogens with one attached hydrogen (secondary N) is 4. The number of aromatic hydroxyl groups is 1. The van der Waals surface area contributed by atoms with Crippen LogP contribution in [0.1, 0.15) is 38.3 Å². The summed E-state index contributed by atoms with van der Waals surface area (Å²) < 4.78 is 0. The minimum absolute atomic E-state index is 0.0174. The van der Waals surface area contributed by atoms with E-state index in [1.807, 2.05) is 13.8 Å². The van der Waals surface area contributed by atoms with Crippen LogP contribution in [0.3, 0.4) is 0 Å². The first-order valence-corrected chi connectivity index (χ1v) is 18.1. The highest BCUT2D eigenvalue weighted by Gasteiger charge is 2.29. The molecule has 0 spiro atoms. The molecule has 0 aliphatic rings. The van der Waals surface area contributed by atoms with Crippen molar-refractivity contribution in [3.8, 4) is 5.75 Å². The van der Waals surface area contributed by atoms with E-state index < -0.39 is 64.4 Å². The molecule has 51 heavy (non-hydrogen) atoms. The molecule has 1 heterocycles. The molecule has 3 aromatic rings. The summed E-state index contributed by atoms with van der Waals surface area (Å²) in [7, 11) is 1.53. The first-order valence-electron chi connectivity index (χ1n) is 16.0. The van der Waals surface area contributed by atoms with Crippen LogP contribution in [0.2, 0.25) is 0 Å². The third-order valence-corrected chi connectivity index (χ3v) is 9.52. The number of phenolic OH excluding ortho intramolecular Hbond substituents is 1. The Balaban J connectivity index is 1.61. The predicted molar refractivity (Wildman–Crippen MR) is 193 cm³/mol. The van der Waals surface area contributed by atoms with Crippen LogP contribution in [0.15, 0.2) is 78.0 Å². The maximum absolute atomic E-state index is 13.6. The summed E-state index contributed by atoms with van der Waals surface area (Å²) in [6.07, 6.45) is 1.87. The number of hydrogen-bond donors (Lipinski definition) is 6. The Bertz CT molecular complexity index is 1680. The van der Waals surface area contributed by atoms with Gasteiger partial charge < -0.3 is 32.1 Å². The zero-order valence-electron chi connectivity index (χ0n) is 28.2. The van der Waals surface area contributed by atoms with Crippen molar-refractivity contribution in [2.24, 2.45) is 11.7 Å². The van der Waals surface area contributed by atoms with Crippen molar-refractivity contribution in [3.63, 3.8) is 0 Å². The molecule has 0 aliphatic carbocycles. The predicted octanol–water partition coefficient (Wildman–Crippen LogP) is 2.41. The van der Waals surface area contributed by atoms with Crippen LogP contribution < -0.4 is 27.0 Å². The van der Waals surface area contributed by atoms with Crippen LogP contribution >= 0.6 is 21.6 Å². The number of nitrogens with zero attached hydrogens (tertiary/aromatic N) is 2. The van der Waals surface area contributed by atoms with E-state index >= 15 is 0 Å². The van der Waals surface area contributed by atoms with Gasteiger partial charge in [-0.15, -0.1) is 0 Å². The SMILES string of the molecule is CC(C)C[C@H](NC(=O)[C@H](Cc1ccccc1)NC(=O)CNC(=O)[C@@H](C)NC(=O)[C@@H](N)Cc1ccc(O)cc1)C(=O)SSc1ncccc1[N+](=O)[O-]. The van der Waals surface area contributed by atoms with Gasteiger partial charge in [0.05, 0.1) is 23.6 Å². The van der Waals surface area contributed by atoms with Crippen LogP contribution in [-0.4, -0.2) is 74.5 Å². The molecule has 2 aromatic carbocycles. The van der Waals surface area contributed by atoms with E-state index in [0.717, 1.165) is 27.2 Å². The molecule has 15 nitrogen and oxygen atoms in total. The number of phenols is 1. The van der Waals surface area contributed by atoms with Crippen molar-refractivity contribution in [3.05, 3.63) is 94.2 Å². The number of nitro groups is 1. The van der Waals surface area contributed by atoms with Gasteiger partial charge in [0.1, 0.15) is 17.8 Å². The van der Waals surface area contributed by atoms with Gasteiger partial charge in [0.2, 0.25) is 28.7 Å². The Morgan fingerprint density at radius 3 is 2.16 bits per heavy atom. The first-order chi connectivity index (χ1) is 24.2. The number of carbonyl (C=O) groups excluding carboxylic acids is 5. The van der Waals surface area contributed by atoms with E-state index in [2.05, 4.69) is 26.3 Å². The number of nitrogens with two attached hydrogens (primary N) is 1. The molecule has 1 aromatic heterocycles. The van der Waals surface area contributed by atoms with Crippen molar-refractivity contribution in [1.82, 2.24) is 26.3 Å². The van der Waals surface area contributed by atoms with Gasteiger partial charge in [-0.1, -0.05) is 56.3 Å². The van der Waals surface area contributed by atoms with Crippen molar-refractivity contribution in [2.45, 2.75) is 69.2 Å². The Kier molecular flexibility index (Phi) is 15.9. The second-order valence-electron chi connectivity index (χ2n) is 12.0. The quantitative estimate of drug-likeness (QED) is 0.0627. The second kappa shape index (κ2) is 20.0. The van der Waals surface area contributed by atoms with E-state index in [-0.39, 0.29) is 41.6 Å². The van der Waals surface area contributed by atoms with Gasteiger partial charge in [-0.05, 0) is 76.6 Å². The van der Waals surface area contributed by atoms with Gasteiger partial charge in [0.15, 0.2) is 5.03 Å². The molecule has 4 atom stereocenters. The Labute approximate surface area is 302 Å². The highest BCUT2D eigenvalue weighted by Crippen LogP contribution is 2.36. The fraction of sp³-hybridized carbons (Fsp3) is 0.353. The molecule has 7 N–H and O–H groups in total. The van der Waals surface area contributed by atoms with E-state index in [4.69, 9.17) is 5.73 Å². The van der Waals surface area contributed by atoms with Gasteiger partial charge in [-0.3, -0.25) is 34.1 Å². The highest BCUT2D eigenvalue weighted by molar-refractivity contribution is 8.82. The summed E-state index contributed by atoms with van der Waals surface area (Å²) >= 11 is 0. The van der Waals surface area contributed by atoms with Crippen LogP contribution in [0.4, 0.5) is 5.69 Å². The fourth-order valence-electron chi connectivity index (χ4n) is 4.67. The Morgan fingerprint density at radius 2 is 1.51 bits per heavy atom. The number of rotatable bonds is 18. The number of benzene rings is 2. The lowest BCUT2D eigenvalue weighted by atomic mass is 10.0. The molecule has 0 fully saturated rings. The molecule has 17 heteroatoms. The van der Waals surface area contributed by atoms with Crippen LogP contribution in [0.5, 0.6) is 5.75 Å². The lowest BCUT2D eigenvalue weighted by molar-refractivity contribution is -0.388. The topological polar surface area (TPSA) is 236 Å². The lowest BCUT2D eigenvalue weighted by Gasteiger charge is -2.24. The van der Waals surface area contributed by atoms with E-state index in [9.17, 15) is 39.2 Å². The average molecular weight is 740 g/mol. The van der Waals surface area contributed by atoms with Gasteiger partial charge in [-0.2, -0.15) is 0 Å².